The fraction of sp³-hybridized carbons (Fsp3) is 0.395. The van der Waals surface area contributed by atoms with Gasteiger partial charge in [0, 0.05) is 12.8 Å². The Morgan fingerprint density at radius 2 is 0.918 bits per heavy atom. The quantitative estimate of drug-likeness (QED) is 0.120. The summed E-state index contributed by atoms with van der Waals surface area (Å²) in [4.78, 5) is 66.6. The molecule has 262 valence electrons. The lowest BCUT2D eigenvalue weighted by Crippen LogP contribution is -2.60. The zero-order valence-corrected chi connectivity index (χ0v) is 28.7. The van der Waals surface area contributed by atoms with E-state index in [-0.39, 0.29) is 31.1 Å². The van der Waals surface area contributed by atoms with E-state index in [4.69, 9.17) is 11.5 Å². The number of carbonyl (C=O) groups is 5. The van der Waals surface area contributed by atoms with Gasteiger partial charge >= 0.3 is 0 Å². The molecule has 11 nitrogen and oxygen atoms in total. The molecule has 0 aliphatic heterocycles. The van der Waals surface area contributed by atoms with Crippen LogP contribution in [-0.4, -0.2) is 59.7 Å². The van der Waals surface area contributed by atoms with Crippen LogP contribution in [0.25, 0.3) is 0 Å². The summed E-state index contributed by atoms with van der Waals surface area (Å²) >= 11 is 0. The van der Waals surface area contributed by atoms with E-state index in [0.29, 0.717) is 6.42 Å². The lowest BCUT2D eigenvalue weighted by Gasteiger charge is -2.28. The fourth-order valence-electron chi connectivity index (χ4n) is 5.40. The van der Waals surface area contributed by atoms with Crippen molar-refractivity contribution in [2.45, 2.75) is 83.6 Å². The van der Waals surface area contributed by atoms with E-state index in [9.17, 15) is 24.0 Å². The highest BCUT2D eigenvalue weighted by Gasteiger charge is 2.33. The number of primary amides is 1. The molecule has 0 spiro atoms. The van der Waals surface area contributed by atoms with Crippen molar-refractivity contribution in [2.75, 3.05) is 0 Å². The number of rotatable bonds is 18. The highest BCUT2D eigenvalue weighted by atomic mass is 16.2. The summed E-state index contributed by atoms with van der Waals surface area (Å²) in [5.74, 6) is -3.19. The lowest BCUT2D eigenvalue weighted by molar-refractivity contribution is -0.135. The van der Waals surface area contributed by atoms with Crippen LogP contribution in [0.15, 0.2) is 91.0 Å². The molecule has 3 aromatic rings. The summed E-state index contributed by atoms with van der Waals surface area (Å²) in [6.45, 7) is 7.35. The number of nitrogens with one attached hydrogen (secondary N) is 4. The molecule has 0 saturated carbocycles. The molecule has 3 aromatic carbocycles. The van der Waals surface area contributed by atoms with Crippen LogP contribution in [0.5, 0.6) is 0 Å². The average molecular weight is 671 g/mol. The molecule has 0 fully saturated rings. The summed E-state index contributed by atoms with van der Waals surface area (Å²) in [5.41, 5.74) is 14.3. The van der Waals surface area contributed by atoms with Gasteiger partial charge in [0.2, 0.25) is 29.5 Å². The second kappa shape index (κ2) is 19.1. The van der Waals surface area contributed by atoms with Crippen LogP contribution in [0, 0.1) is 11.8 Å². The third kappa shape index (κ3) is 12.8. The van der Waals surface area contributed by atoms with Crippen LogP contribution in [0.2, 0.25) is 0 Å². The lowest BCUT2D eigenvalue weighted by atomic mass is 9.98. The van der Waals surface area contributed by atoms with Gasteiger partial charge in [0.1, 0.15) is 24.2 Å². The van der Waals surface area contributed by atoms with Crippen LogP contribution in [0.3, 0.4) is 0 Å². The van der Waals surface area contributed by atoms with E-state index in [1.807, 2.05) is 105 Å². The van der Waals surface area contributed by atoms with Gasteiger partial charge in [0.05, 0.1) is 6.04 Å². The summed E-state index contributed by atoms with van der Waals surface area (Å²) < 4.78 is 0. The maximum absolute atomic E-state index is 14.0. The highest BCUT2D eigenvalue weighted by Crippen LogP contribution is 2.11. The first-order valence-electron chi connectivity index (χ1n) is 16.7. The fourth-order valence-corrected chi connectivity index (χ4v) is 5.40. The molecule has 5 amide bonds. The first kappa shape index (κ1) is 38.4. The summed E-state index contributed by atoms with van der Waals surface area (Å²) in [5, 5.41) is 11.1. The van der Waals surface area contributed by atoms with E-state index < -0.39 is 59.7 Å². The van der Waals surface area contributed by atoms with Crippen LogP contribution in [-0.2, 0) is 43.2 Å². The molecule has 3 rings (SSSR count). The second-order valence-corrected chi connectivity index (χ2v) is 13.1. The molecule has 0 bridgehead atoms. The van der Waals surface area contributed by atoms with Gasteiger partial charge in [-0.3, -0.25) is 24.0 Å². The van der Waals surface area contributed by atoms with Gasteiger partial charge in [-0.05, 0) is 41.4 Å². The van der Waals surface area contributed by atoms with Crippen LogP contribution in [0.1, 0.15) is 50.8 Å². The molecule has 0 unspecified atom stereocenters. The molecular formula is C38H50N6O5. The number of nitrogens with two attached hydrogens (primary N) is 2. The predicted molar refractivity (Wildman–Crippen MR) is 190 cm³/mol. The van der Waals surface area contributed by atoms with Crippen molar-refractivity contribution in [1.29, 1.82) is 0 Å². The smallest absolute Gasteiger partial charge is 0.243 e. The van der Waals surface area contributed by atoms with Gasteiger partial charge in [-0.25, -0.2) is 0 Å². The van der Waals surface area contributed by atoms with Crippen molar-refractivity contribution in [3.05, 3.63) is 108 Å². The van der Waals surface area contributed by atoms with Crippen LogP contribution in [0.4, 0.5) is 0 Å². The number of hydrogen-bond donors (Lipinski definition) is 6. The Morgan fingerprint density at radius 1 is 0.531 bits per heavy atom. The van der Waals surface area contributed by atoms with Crippen molar-refractivity contribution >= 4 is 29.5 Å². The number of amides is 5. The van der Waals surface area contributed by atoms with E-state index in [0.717, 1.165) is 16.7 Å². The normalized spacial score (nSPS) is 14.2. The Kier molecular flexibility index (Phi) is 15.0. The molecule has 11 heteroatoms. The first-order chi connectivity index (χ1) is 23.3. The van der Waals surface area contributed by atoms with Crippen molar-refractivity contribution in [3.8, 4) is 0 Å². The highest BCUT2D eigenvalue weighted by molar-refractivity contribution is 5.96. The van der Waals surface area contributed by atoms with Gasteiger partial charge in [0.25, 0.3) is 0 Å². The SMILES string of the molecule is CC(C)C[C@@H](NC(=O)[C@H](NC(=O)[C@@H](Cc1ccccc1)NC(=O)[C@@H](Cc1ccccc1)NC(=O)[C@H](N)Cc1ccccc1)C(C)C)C(N)=O. The molecule has 5 atom stereocenters. The maximum Gasteiger partial charge on any atom is 0.243 e. The van der Waals surface area contributed by atoms with E-state index in [2.05, 4.69) is 21.3 Å². The molecule has 8 N–H and O–H groups in total. The van der Waals surface area contributed by atoms with E-state index >= 15 is 0 Å². The number of carbonyl (C=O) groups excluding carboxylic acids is 5. The monoisotopic (exact) mass is 670 g/mol. The van der Waals surface area contributed by atoms with Crippen molar-refractivity contribution < 1.29 is 24.0 Å². The number of hydrogen-bond acceptors (Lipinski definition) is 6. The Hall–Kier alpha value is -5.03. The molecule has 0 aliphatic rings. The standard InChI is InChI=1S/C38H50N6O5/c1-24(2)20-30(34(40)45)41-38(49)33(25(3)4)44-37(48)32(23-28-18-12-7-13-19-28)43-36(47)31(22-27-16-10-6-11-17-27)42-35(46)29(39)21-26-14-8-5-9-15-26/h5-19,24-25,29-33H,20-23,39H2,1-4H3,(H2,40,45)(H,41,49)(H,42,46)(H,43,47)(H,44,48)/t29-,30-,31-,32-,33-/m1/s1. The minimum Gasteiger partial charge on any atom is -0.368 e. The predicted octanol–water partition coefficient (Wildman–Crippen LogP) is 2.17. The summed E-state index contributed by atoms with van der Waals surface area (Å²) in [6.07, 6.45) is 0.882. The van der Waals surface area contributed by atoms with Crippen LogP contribution >= 0.6 is 0 Å². The Morgan fingerprint density at radius 3 is 1.33 bits per heavy atom. The van der Waals surface area contributed by atoms with Gasteiger partial charge in [-0.1, -0.05) is 119 Å². The number of benzene rings is 3. The zero-order chi connectivity index (χ0) is 35.9. The largest absolute Gasteiger partial charge is 0.368 e. The minimum absolute atomic E-state index is 0.0903. The average Bonchev–Trinajstić information content (AvgIpc) is 3.07. The summed E-state index contributed by atoms with van der Waals surface area (Å²) in [7, 11) is 0. The molecule has 0 radical (unpaired) electrons. The molecule has 0 heterocycles. The van der Waals surface area contributed by atoms with Crippen molar-refractivity contribution in [2.24, 2.45) is 23.3 Å². The van der Waals surface area contributed by atoms with Crippen molar-refractivity contribution in [3.63, 3.8) is 0 Å². The molecule has 0 saturated heterocycles. The van der Waals surface area contributed by atoms with Gasteiger partial charge in [0.15, 0.2) is 0 Å². The zero-order valence-electron chi connectivity index (χ0n) is 28.7. The van der Waals surface area contributed by atoms with E-state index in [1.54, 1.807) is 13.8 Å². The molecule has 0 aromatic heterocycles. The summed E-state index contributed by atoms with van der Waals surface area (Å²) in [6, 6.07) is 22.7. The third-order valence-corrected chi connectivity index (χ3v) is 8.08. The Bertz CT molecular complexity index is 1520. The van der Waals surface area contributed by atoms with Crippen molar-refractivity contribution in [1.82, 2.24) is 21.3 Å². The topological polar surface area (TPSA) is 186 Å². The maximum atomic E-state index is 14.0. The third-order valence-electron chi connectivity index (χ3n) is 8.08. The Balaban J connectivity index is 1.84. The first-order valence-corrected chi connectivity index (χ1v) is 16.7. The molecular weight excluding hydrogens is 620 g/mol. The minimum atomic E-state index is -1.11. The molecule has 0 aliphatic carbocycles. The van der Waals surface area contributed by atoms with Gasteiger partial charge < -0.3 is 32.7 Å². The van der Waals surface area contributed by atoms with E-state index in [1.165, 1.54) is 0 Å². The second-order valence-electron chi connectivity index (χ2n) is 13.1. The van der Waals surface area contributed by atoms with Crippen LogP contribution < -0.4 is 32.7 Å². The Labute approximate surface area is 289 Å². The molecule has 49 heavy (non-hydrogen) atoms. The van der Waals surface area contributed by atoms with Gasteiger partial charge in [-0.15, -0.1) is 0 Å². The van der Waals surface area contributed by atoms with Gasteiger partial charge in [-0.2, -0.15) is 0 Å².